The molecule has 104 valence electrons. The summed E-state index contributed by atoms with van der Waals surface area (Å²) in [5.74, 6) is 0.0280. The molecule has 2 aromatic rings. The zero-order valence-corrected chi connectivity index (χ0v) is 10.6. The third-order valence-corrected chi connectivity index (χ3v) is 3.03. The highest BCUT2D eigenvalue weighted by Crippen LogP contribution is 2.34. The highest BCUT2D eigenvalue weighted by Gasteiger charge is 2.27. The first-order valence-electron chi connectivity index (χ1n) is 6.06. The SMILES string of the molecule is O=C1/C(=C/c2cccc([N+](=O)[O-])c2)Oc2ccc(O)cc21. The van der Waals surface area contributed by atoms with Gasteiger partial charge in [-0.25, -0.2) is 0 Å². The van der Waals surface area contributed by atoms with Gasteiger partial charge in [-0.05, 0) is 29.8 Å². The summed E-state index contributed by atoms with van der Waals surface area (Å²) in [5.41, 5.74) is 0.696. The van der Waals surface area contributed by atoms with Crippen LogP contribution in [0.15, 0.2) is 48.2 Å². The summed E-state index contributed by atoms with van der Waals surface area (Å²) < 4.78 is 5.41. The summed E-state index contributed by atoms with van der Waals surface area (Å²) in [6, 6.07) is 10.1. The number of non-ortho nitro benzene ring substituents is 1. The number of nitrogens with zero attached hydrogens (tertiary/aromatic N) is 1. The molecule has 0 aromatic heterocycles. The number of carbonyl (C=O) groups is 1. The lowest BCUT2D eigenvalue weighted by molar-refractivity contribution is -0.384. The molecule has 1 N–H and O–H groups in total. The van der Waals surface area contributed by atoms with E-state index < -0.39 is 4.92 Å². The molecule has 0 bridgehead atoms. The first-order chi connectivity index (χ1) is 10.0. The zero-order chi connectivity index (χ0) is 15.0. The van der Waals surface area contributed by atoms with Crippen LogP contribution in [-0.2, 0) is 0 Å². The zero-order valence-electron chi connectivity index (χ0n) is 10.6. The van der Waals surface area contributed by atoms with Crippen LogP contribution in [0.4, 0.5) is 5.69 Å². The predicted octanol–water partition coefficient (Wildman–Crippen LogP) is 2.92. The van der Waals surface area contributed by atoms with Crippen molar-refractivity contribution in [3.8, 4) is 11.5 Å². The van der Waals surface area contributed by atoms with E-state index in [0.29, 0.717) is 11.3 Å². The molecular weight excluding hydrogens is 274 g/mol. The van der Waals surface area contributed by atoms with Gasteiger partial charge in [0.2, 0.25) is 5.78 Å². The van der Waals surface area contributed by atoms with Crippen molar-refractivity contribution in [1.82, 2.24) is 0 Å². The number of fused-ring (bicyclic) bond motifs is 1. The van der Waals surface area contributed by atoms with Crippen LogP contribution >= 0.6 is 0 Å². The van der Waals surface area contributed by atoms with Gasteiger partial charge < -0.3 is 9.84 Å². The Labute approximate surface area is 119 Å². The molecular formula is C15H9NO5. The van der Waals surface area contributed by atoms with Crippen molar-refractivity contribution in [2.75, 3.05) is 0 Å². The van der Waals surface area contributed by atoms with E-state index >= 15 is 0 Å². The number of ketones is 1. The maximum atomic E-state index is 12.1. The van der Waals surface area contributed by atoms with E-state index in [1.807, 2.05) is 0 Å². The van der Waals surface area contributed by atoms with Gasteiger partial charge in [-0.15, -0.1) is 0 Å². The van der Waals surface area contributed by atoms with Gasteiger partial charge >= 0.3 is 0 Å². The van der Waals surface area contributed by atoms with Crippen LogP contribution in [-0.4, -0.2) is 15.8 Å². The third-order valence-electron chi connectivity index (χ3n) is 3.03. The van der Waals surface area contributed by atoms with Gasteiger partial charge in [0, 0.05) is 12.1 Å². The molecule has 0 spiro atoms. The Morgan fingerprint density at radius 3 is 2.76 bits per heavy atom. The lowest BCUT2D eigenvalue weighted by atomic mass is 10.1. The van der Waals surface area contributed by atoms with Crippen molar-refractivity contribution in [3.63, 3.8) is 0 Å². The summed E-state index contributed by atoms with van der Waals surface area (Å²) in [6.07, 6.45) is 1.44. The first-order valence-corrected chi connectivity index (χ1v) is 6.06. The van der Waals surface area contributed by atoms with Crippen LogP contribution in [0.5, 0.6) is 11.5 Å². The maximum absolute atomic E-state index is 12.1. The molecule has 0 atom stereocenters. The van der Waals surface area contributed by atoms with E-state index in [1.54, 1.807) is 6.07 Å². The summed E-state index contributed by atoms with van der Waals surface area (Å²) in [6.45, 7) is 0. The number of aromatic hydroxyl groups is 1. The monoisotopic (exact) mass is 283 g/mol. The van der Waals surface area contributed by atoms with Crippen LogP contribution in [0.3, 0.4) is 0 Å². The normalized spacial score (nSPS) is 14.9. The Morgan fingerprint density at radius 1 is 1.19 bits per heavy atom. The van der Waals surface area contributed by atoms with Crippen LogP contribution in [0.2, 0.25) is 0 Å². The number of nitro groups is 1. The average molecular weight is 283 g/mol. The van der Waals surface area contributed by atoms with E-state index in [4.69, 9.17) is 4.74 Å². The number of nitro benzene ring substituents is 1. The topological polar surface area (TPSA) is 89.7 Å². The Balaban J connectivity index is 1.98. The Bertz CT molecular complexity index is 794. The lowest BCUT2D eigenvalue weighted by Gasteiger charge is -1.98. The van der Waals surface area contributed by atoms with Crippen molar-refractivity contribution in [1.29, 1.82) is 0 Å². The van der Waals surface area contributed by atoms with E-state index in [1.165, 1.54) is 42.5 Å². The first kappa shape index (κ1) is 12.9. The maximum Gasteiger partial charge on any atom is 0.270 e. The number of phenolic OH excluding ortho intramolecular Hbond substituents is 1. The Morgan fingerprint density at radius 2 is 2.00 bits per heavy atom. The molecule has 1 heterocycles. The molecule has 0 aliphatic carbocycles. The number of hydrogen-bond donors (Lipinski definition) is 1. The molecule has 2 aromatic carbocycles. The number of carbonyl (C=O) groups excluding carboxylic acids is 1. The number of Topliss-reactive ketones (excluding diaryl/α,β-unsaturated/α-hetero) is 1. The van der Waals surface area contributed by atoms with Crippen molar-refractivity contribution >= 4 is 17.5 Å². The molecule has 0 radical (unpaired) electrons. The largest absolute Gasteiger partial charge is 0.508 e. The summed E-state index contributed by atoms with van der Waals surface area (Å²) in [5, 5.41) is 20.1. The average Bonchev–Trinajstić information content (AvgIpc) is 2.76. The third kappa shape index (κ3) is 2.34. The van der Waals surface area contributed by atoms with Crippen molar-refractivity contribution in [2.24, 2.45) is 0 Å². The fourth-order valence-electron chi connectivity index (χ4n) is 2.06. The van der Waals surface area contributed by atoms with Gasteiger partial charge in [-0.1, -0.05) is 12.1 Å². The number of rotatable bonds is 2. The van der Waals surface area contributed by atoms with E-state index in [9.17, 15) is 20.0 Å². The van der Waals surface area contributed by atoms with Gasteiger partial charge in [0.1, 0.15) is 11.5 Å². The minimum Gasteiger partial charge on any atom is -0.508 e. The van der Waals surface area contributed by atoms with Crippen LogP contribution in [0.25, 0.3) is 6.08 Å². The molecule has 6 heteroatoms. The van der Waals surface area contributed by atoms with Crippen LogP contribution < -0.4 is 4.74 Å². The van der Waals surface area contributed by atoms with Gasteiger partial charge in [-0.3, -0.25) is 14.9 Å². The van der Waals surface area contributed by atoms with Crippen LogP contribution in [0.1, 0.15) is 15.9 Å². The van der Waals surface area contributed by atoms with Crippen LogP contribution in [0, 0.1) is 10.1 Å². The molecule has 0 fully saturated rings. The fourth-order valence-corrected chi connectivity index (χ4v) is 2.06. The van der Waals surface area contributed by atoms with Gasteiger partial charge in [0.15, 0.2) is 5.76 Å². The molecule has 0 unspecified atom stereocenters. The minimum absolute atomic E-state index is 0.0256. The molecule has 0 saturated carbocycles. The summed E-state index contributed by atoms with van der Waals surface area (Å²) >= 11 is 0. The molecule has 21 heavy (non-hydrogen) atoms. The standard InChI is InChI=1S/C15H9NO5/c17-11-4-5-13-12(8-11)15(18)14(21-13)7-9-2-1-3-10(6-9)16(19)20/h1-8,17H/b14-7-. The lowest BCUT2D eigenvalue weighted by Crippen LogP contribution is -1.98. The molecule has 0 amide bonds. The van der Waals surface area contributed by atoms with Crippen molar-refractivity contribution in [3.05, 3.63) is 69.5 Å². The van der Waals surface area contributed by atoms with E-state index in [2.05, 4.69) is 0 Å². The van der Waals surface area contributed by atoms with Crippen molar-refractivity contribution < 1.29 is 19.6 Å². The highest BCUT2D eigenvalue weighted by atomic mass is 16.6. The summed E-state index contributed by atoms with van der Waals surface area (Å²) in [4.78, 5) is 22.4. The van der Waals surface area contributed by atoms with Gasteiger partial charge in [0.25, 0.3) is 5.69 Å². The molecule has 6 nitrogen and oxygen atoms in total. The quantitative estimate of drug-likeness (QED) is 0.520. The van der Waals surface area contributed by atoms with E-state index in [0.717, 1.165) is 0 Å². The minimum atomic E-state index is -0.508. The second-order valence-electron chi connectivity index (χ2n) is 4.47. The molecule has 1 aliphatic heterocycles. The molecule has 3 rings (SSSR count). The number of phenols is 1. The number of ether oxygens (including phenoxy) is 1. The predicted molar refractivity (Wildman–Crippen MR) is 74.1 cm³/mol. The highest BCUT2D eigenvalue weighted by molar-refractivity contribution is 6.14. The number of benzene rings is 2. The fraction of sp³-hybridized carbons (Fsp3) is 0. The van der Waals surface area contributed by atoms with Gasteiger partial charge in [-0.2, -0.15) is 0 Å². The number of allylic oxidation sites excluding steroid dienone is 1. The van der Waals surface area contributed by atoms with Crippen molar-refractivity contribution in [2.45, 2.75) is 0 Å². The summed E-state index contributed by atoms with van der Waals surface area (Å²) in [7, 11) is 0. The Hall–Kier alpha value is -3.15. The molecule has 1 aliphatic rings. The smallest absolute Gasteiger partial charge is 0.270 e. The van der Waals surface area contributed by atoms with E-state index in [-0.39, 0.29) is 28.5 Å². The Kier molecular flexibility index (Phi) is 2.91. The second kappa shape index (κ2) is 4.75. The molecule has 0 saturated heterocycles. The van der Waals surface area contributed by atoms with Gasteiger partial charge in [0.05, 0.1) is 10.5 Å². The number of hydrogen-bond acceptors (Lipinski definition) is 5. The second-order valence-corrected chi connectivity index (χ2v) is 4.47.